The van der Waals surface area contributed by atoms with Gasteiger partial charge in [0, 0.05) is 11.6 Å². The molecule has 0 aliphatic carbocycles. The third-order valence-electron chi connectivity index (χ3n) is 3.89. The van der Waals surface area contributed by atoms with Gasteiger partial charge in [-0.25, -0.2) is 0 Å². The maximum atomic E-state index is 10.7. The molecule has 1 aromatic carbocycles. The van der Waals surface area contributed by atoms with Crippen LogP contribution < -0.4 is 9.47 Å². The Hall–Kier alpha value is -1.85. The summed E-state index contributed by atoms with van der Waals surface area (Å²) in [5.74, 6) is 0.938. The van der Waals surface area contributed by atoms with Gasteiger partial charge in [-0.2, -0.15) is 0 Å². The minimum Gasteiger partial charge on any atom is -0.491 e. The minimum absolute atomic E-state index is 0.389. The predicted molar refractivity (Wildman–Crippen MR) is 98.2 cm³/mol. The first-order valence-corrected chi connectivity index (χ1v) is 8.40. The molecular formula is C19H22BrNO3. The molecule has 0 aliphatic rings. The van der Waals surface area contributed by atoms with Crippen molar-refractivity contribution in [3.8, 4) is 11.5 Å². The van der Waals surface area contributed by atoms with E-state index in [-0.39, 0.29) is 0 Å². The lowest BCUT2D eigenvalue weighted by Gasteiger charge is -2.28. The van der Waals surface area contributed by atoms with Crippen LogP contribution in [0.1, 0.15) is 31.2 Å². The summed E-state index contributed by atoms with van der Waals surface area (Å²) >= 11 is 3.44. The van der Waals surface area contributed by atoms with Gasteiger partial charge in [0.15, 0.2) is 11.5 Å². The van der Waals surface area contributed by atoms with Crippen molar-refractivity contribution in [1.82, 2.24) is 4.98 Å². The van der Waals surface area contributed by atoms with E-state index in [0.717, 1.165) is 5.56 Å². The number of aliphatic hydroxyl groups excluding tert-OH is 1. The van der Waals surface area contributed by atoms with Crippen LogP contribution in [0.25, 0.3) is 0 Å². The van der Waals surface area contributed by atoms with Crippen molar-refractivity contribution in [2.75, 3.05) is 7.11 Å². The maximum Gasteiger partial charge on any atom is 0.186 e. The zero-order chi connectivity index (χ0) is 17.7. The third-order valence-corrected chi connectivity index (χ3v) is 4.46. The molecule has 1 unspecified atom stereocenters. The lowest BCUT2D eigenvalue weighted by Crippen LogP contribution is -2.21. The fourth-order valence-electron chi connectivity index (χ4n) is 2.19. The average Bonchev–Trinajstić information content (AvgIpc) is 2.60. The Balaban J connectivity index is 2.37. The molecule has 1 N–H and O–H groups in total. The van der Waals surface area contributed by atoms with E-state index < -0.39 is 11.5 Å². The number of nitrogens with zero attached hydrogens (tertiary/aromatic N) is 1. The summed E-state index contributed by atoms with van der Waals surface area (Å²) in [5.41, 5.74) is 0.913. The van der Waals surface area contributed by atoms with E-state index in [1.165, 1.54) is 7.11 Å². The fraction of sp³-hybridized carbons (Fsp3) is 0.316. The number of pyridine rings is 1. The van der Waals surface area contributed by atoms with Gasteiger partial charge in [-0.1, -0.05) is 50.3 Å². The van der Waals surface area contributed by atoms with Gasteiger partial charge in [-0.05, 0) is 21.5 Å². The minimum atomic E-state index is -0.864. The van der Waals surface area contributed by atoms with Crippen molar-refractivity contribution in [3.63, 3.8) is 0 Å². The third kappa shape index (κ3) is 3.97. The topological polar surface area (TPSA) is 51.6 Å². The molecule has 0 saturated heterocycles. The molecule has 4 nitrogen and oxygen atoms in total. The molecule has 0 amide bonds. The molecule has 0 bridgehead atoms. The van der Waals surface area contributed by atoms with Crippen molar-refractivity contribution in [3.05, 3.63) is 64.9 Å². The van der Waals surface area contributed by atoms with E-state index in [4.69, 9.17) is 9.47 Å². The quantitative estimate of drug-likeness (QED) is 0.696. The highest BCUT2D eigenvalue weighted by atomic mass is 79.9. The van der Waals surface area contributed by atoms with Crippen molar-refractivity contribution in [2.24, 2.45) is 5.41 Å². The summed E-state index contributed by atoms with van der Waals surface area (Å²) in [7, 11) is 1.54. The smallest absolute Gasteiger partial charge is 0.186 e. The summed E-state index contributed by atoms with van der Waals surface area (Å²) in [6.45, 7) is 7.94. The standard InChI is InChI=1S/C19H22BrNO3/c1-5-19(2,3)18(22)15-17(23-4)16(14(20)11-21-15)24-12-13-9-7-6-8-10-13/h5-11,18,22H,1,12H2,2-4H3. The van der Waals surface area contributed by atoms with E-state index in [1.54, 1.807) is 12.3 Å². The number of rotatable bonds is 7. The first-order chi connectivity index (χ1) is 11.4. The Labute approximate surface area is 151 Å². The summed E-state index contributed by atoms with van der Waals surface area (Å²) in [5, 5.41) is 10.7. The monoisotopic (exact) mass is 391 g/mol. The van der Waals surface area contributed by atoms with Crippen LogP contribution in [-0.4, -0.2) is 17.2 Å². The number of aliphatic hydroxyl groups is 1. The van der Waals surface area contributed by atoms with Gasteiger partial charge in [-0.15, -0.1) is 6.58 Å². The largest absolute Gasteiger partial charge is 0.491 e. The lowest BCUT2D eigenvalue weighted by atomic mass is 9.84. The molecule has 2 aromatic rings. The van der Waals surface area contributed by atoms with Gasteiger partial charge in [0.1, 0.15) is 18.4 Å². The van der Waals surface area contributed by atoms with E-state index in [2.05, 4.69) is 27.5 Å². The molecule has 0 spiro atoms. The summed E-state index contributed by atoms with van der Waals surface area (Å²) in [6, 6.07) is 9.84. The van der Waals surface area contributed by atoms with Crippen molar-refractivity contribution >= 4 is 15.9 Å². The maximum absolute atomic E-state index is 10.7. The highest BCUT2D eigenvalue weighted by Crippen LogP contribution is 2.44. The van der Waals surface area contributed by atoms with Crippen LogP contribution in [0.5, 0.6) is 11.5 Å². The van der Waals surface area contributed by atoms with Crippen LogP contribution in [0.15, 0.2) is 53.7 Å². The van der Waals surface area contributed by atoms with Crippen LogP contribution in [-0.2, 0) is 6.61 Å². The molecule has 1 aromatic heterocycles. The molecular weight excluding hydrogens is 370 g/mol. The highest BCUT2D eigenvalue weighted by Gasteiger charge is 2.31. The van der Waals surface area contributed by atoms with Crippen LogP contribution in [0.3, 0.4) is 0 Å². The molecule has 24 heavy (non-hydrogen) atoms. The number of hydrogen-bond acceptors (Lipinski definition) is 4. The van der Waals surface area contributed by atoms with Crippen LogP contribution in [0.2, 0.25) is 0 Å². The molecule has 0 fully saturated rings. The zero-order valence-electron chi connectivity index (χ0n) is 14.1. The van der Waals surface area contributed by atoms with Gasteiger partial charge < -0.3 is 14.6 Å². The van der Waals surface area contributed by atoms with Gasteiger partial charge in [0.05, 0.1) is 11.6 Å². The van der Waals surface area contributed by atoms with E-state index >= 15 is 0 Å². The Morgan fingerprint density at radius 3 is 2.54 bits per heavy atom. The van der Waals surface area contributed by atoms with Gasteiger partial charge >= 0.3 is 0 Å². The van der Waals surface area contributed by atoms with Crippen LogP contribution in [0, 0.1) is 5.41 Å². The number of methoxy groups -OCH3 is 1. The molecule has 0 radical (unpaired) electrons. The number of hydrogen-bond donors (Lipinski definition) is 1. The molecule has 0 saturated carbocycles. The molecule has 128 valence electrons. The molecule has 5 heteroatoms. The Bertz CT molecular complexity index is 701. The molecule has 1 heterocycles. The van der Waals surface area contributed by atoms with E-state index in [0.29, 0.717) is 28.3 Å². The molecule has 0 aliphatic heterocycles. The van der Waals surface area contributed by atoms with E-state index in [1.807, 2.05) is 44.2 Å². The average molecular weight is 392 g/mol. The Kier molecular flexibility index (Phi) is 6.02. The highest BCUT2D eigenvalue weighted by molar-refractivity contribution is 9.10. The predicted octanol–water partition coefficient (Wildman–Crippen LogP) is 4.68. The first kappa shape index (κ1) is 18.5. The Morgan fingerprint density at radius 2 is 1.96 bits per heavy atom. The van der Waals surface area contributed by atoms with Crippen LogP contribution >= 0.6 is 15.9 Å². The van der Waals surface area contributed by atoms with Gasteiger partial charge in [-0.3, -0.25) is 4.98 Å². The van der Waals surface area contributed by atoms with Gasteiger partial charge in [0.2, 0.25) is 0 Å². The summed E-state index contributed by atoms with van der Waals surface area (Å²) in [4.78, 5) is 4.33. The first-order valence-electron chi connectivity index (χ1n) is 7.61. The summed E-state index contributed by atoms with van der Waals surface area (Å²) < 4.78 is 12.1. The Morgan fingerprint density at radius 1 is 1.29 bits per heavy atom. The summed E-state index contributed by atoms with van der Waals surface area (Å²) in [6.07, 6.45) is 2.45. The second kappa shape index (κ2) is 7.81. The number of aromatic nitrogens is 1. The second-order valence-electron chi connectivity index (χ2n) is 6.06. The van der Waals surface area contributed by atoms with E-state index in [9.17, 15) is 5.11 Å². The normalized spacial score (nSPS) is 12.5. The lowest BCUT2D eigenvalue weighted by molar-refractivity contribution is 0.0747. The van der Waals surface area contributed by atoms with Gasteiger partial charge in [0.25, 0.3) is 0 Å². The van der Waals surface area contributed by atoms with Crippen molar-refractivity contribution in [1.29, 1.82) is 0 Å². The van der Waals surface area contributed by atoms with Crippen molar-refractivity contribution < 1.29 is 14.6 Å². The fourth-order valence-corrected chi connectivity index (χ4v) is 2.59. The number of ether oxygens (including phenoxy) is 2. The van der Waals surface area contributed by atoms with Crippen LogP contribution in [0.4, 0.5) is 0 Å². The second-order valence-corrected chi connectivity index (χ2v) is 6.91. The SMILES string of the molecule is C=CC(C)(C)C(O)c1ncc(Br)c(OCc2ccccc2)c1OC. The number of halogens is 1. The number of benzene rings is 1. The molecule has 2 rings (SSSR count). The molecule has 1 atom stereocenters. The zero-order valence-corrected chi connectivity index (χ0v) is 15.7. The van der Waals surface area contributed by atoms with Crippen molar-refractivity contribution in [2.45, 2.75) is 26.6 Å².